The second kappa shape index (κ2) is 3.41. The predicted molar refractivity (Wildman–Crippen MR) is 46.9 cm³/mol. The molecule has 0 fully saturated rings. The number of carbonyl (C=O) groups excluding carboxylic acids is 1. The van der Waals surface area contributed by atoms with Gasteiger partial charge in [-0.05, 0) is 18.2 Å². The van der Waals surface area contributed by atoms with E-state index in [1.165, 1.54) is 0 Å². The quantitative estimate of drug-likeness (QED) is 0.268. The topological polar surface area (TPSA) is 55.1 Å². The largest absolute Gasteiger partial charge is 0.323 e. The number of carbonyl (C=O) groups is 1. The van der Waals surface area contributed by atoms with Gasteiger partial charge in [0.1, 0.15) is 0 Å². The molecule has 0 aliphatic rings. The van der Waals surface area contributed by atoms with E-state index in [1.54, 1.807) is 18.2 Å². The first-order valence-corrected chi connectivity index (χ1v) is 3.47. The van der Waals surface area contributed by atoms with Crippen molar-refractivity contribution in [1.82, 2.24) is 0 Å². The van der Waals surface area contributed by atoms with Gasteiger partial charge in [-0.3, -0.25) is 10.6 Å². The van der Waals surface area contributed by atoms with Crippen molar-refractivity contribution < 1.29 is 4.79 Å². The number of hydrogen-bond acceptors (Lipinski definition) is 4. The van der Waals surface area contributed by atoms with Crippen LogP contribution in [0.5, 0.6) is 0 Å². The number of nitrogen functional groups attached to an aromatic ring is 1. The molecule has 0 heterocycles. The molecule has 0 unspecified atom stereocenters. The van der Waals surface area contributed by atoms with E-state index in [-0.39, 0.29) is 0 Å². The van der Waals surface area contributed by atoms with Crippen molar-refractivity contribution in [2.45, 2.75) is 4.90 Å². The Morgan fingerprint density at radius 2 is 2.27 bits per heavy atom. The summed E-state index contributed by atoms with van der Waals surface area (Å²) in [6.45, 7) is 0. The molecule has 0 radical (unpaired) electrons. The number of nitrogens with one attached hydrogen (secondary N) is 1. The first-order chi connectivity index (χ1) is 5.27. The van der Waals surface area contributed by atoms with Gasteiger partial charge in [0.15, 0.2) is 6.29 Å². The minimum absolute atomic E-state index is 0.514. The van der Waals surface area contributed by atoms with Crippen LogP contribution in [0.3, 0.4) is 0 Å². The van der Waals surface area contributed by atoms with Crippen molar-refractivity contribution >= 4 is 24.6 Å². The second-order valence-corrected chi connectivity index (χ2v) is 2.55. The zero-order valence-electron chi connectivity index (χ0n) is 5.74. The third kappa shape index (κ3) is 1.72. The van der Waals surface area contributed by atoms with Crippen LogP contribution in [0, 0.1) is 0 Å². The van der Waals surface area contributed by atoms with Gasteiger partial charge in [0, 0.05) is 10.5 Å². The number of nitrogens with two attached hydrogens (primary N) is 1. The first-order valence-electron chi connectivity index (χ1n) is 3.02. The van der Waals surface area contributed by atoms with Crippen LogP contribution >= 0.6 is 12.6 Å². The molecule has 0 aliphatic heterocycles. The molecule has 11 heavy (non-hydrogen) atoms. The average molecular weight is 168 g/mol. The van der Waals surface area contributed by atoms with Gasteiger partial charge in [0.2, 0.25) is 0 Å². The van der Waals surface area contributed by atoms with Crippen molar-refractivity contribution in [3.8, 4) is 0 Å². The maximum Gasteiger partial charge on any atom is 0.152 e. The SMILES string of the molecule is NNc1ccc(S)cc1C=O. The monoisotopic (exact) mass is 168 g/mol. The van der Waals surface area contributed by atoms with Crippen LogP contribution in [0.2, 0.25) is 0 Å². The van der Waals surface area contributed by atoms with Crippen LogP contribution in [0.25, 0.3) is 0 Å². The van der Waals surface area contributed by atoms with E-state index in [2.05, 4.69) is 18.1 Å². The summed E-state index contributed by atoms with van der Waals surface area (Å²) in [5.41, 5.74) is 3.53. The fourth-order valence-electron chi connectivity index (χ4n) is 0.779. The minimum Gasteiger partial charge on any atom is -0.323 e. The van der Waals surface area contributed by atoms with Crippen LogP contribution in [-0.2, 0) is 0 Å². The van der Waals surface area contributed by atoms with Gasteiger partial charge < -0.3 is 5.43 Å². The molecule has 1 aromatic rings. The molecule has 0 atom stereocenters. The molecule has 1 aromatic carbocycles. The molecule has 0 spiro atoms. The van der Waals surface area contributed by atoms with E-state index in [4.69, 9.17) is 5.84 Å². The summed E-state index contributed by atoms with van der Waals surface area (Å²) in [7, 11) is 0. The zero-order valence-corrected chi connectivity index (χ0v) is 6.64. The third-order valence-electron chi connectivity index (χ3n) is 1.32. The Hall–Kier alpha value is -1.00. The lowest BCUT2D eigenvalue weighted by atomic mass is 10.2. The molecular weight excluding hydrogens is 160 g/mol. The molecular formula is C7H8N2OS. The van der Waals surface area contributed by atoms with E-state index in [0.29, 0.717) is 11.3 Å². The zero-order chi connectivity index (χ0) is 8.27. The van der Waals surface area contributed by atoms with E-state index in [0.717, 1.165) is 11.2 Å². The third-order valence-corrected chi connectivity index (χ3v) is 1.60. The summed E-state index contributed by atoms with van der Waals surface area (Å²) < 4.78 is 0. The standard InChI is InChI=1S/C7H8N2OS/c8-9-7-2-1-6(11)3-5(7)4-10/h1-4,9,11H,8H2. The van der Waals surface area contributed by atoms with Crippen LogP contribution in [0.15, 0.2) is 23.1 Å². The molecule has 3 nitrogen and oxygen atoms in total. The van der Waals surface area contributed by atoms with Crippen molar-refractivity contribution in [1.29, 1.82) is 0 Å². The highest BCUT2D eigenvalue weighted by Crippen LogP contribution is 2.16. The van der Waals surface area contributed by atoms with Crippen LogP contribution in [0.1, 0.15) is 10.4 Å². The van der Waals surface area contributed by atoms with Gasteiger partial charge >= 0.3 is 0 Å². The molecule has 0 saturated carbocycles. The molecule has 1 rings (SSSR count). The summed E-state index contributed by atoms with van der Waals surface area (Å²) in [4.78, 5) is 11.2. The molecule has 0 saturated heterocycles. The number of rotatable bonds is 2. The van der Waals surface area contributed by atoms with Gasteiger partial charge in [-0.25, -0.2) is 0 Å². The van der Waals surface area contributed by atoms with Crippen molar-refractivity contribution in [2.24, 2.45) is 5.84 Å². The summed E-state index contributed by atoms with van der Waals surface area (Å²) in [5.74, 6) is 5.14. The molecule has 0 aromatic heterocycles. The molecule has 0 aliphatic carbocycles. The Morgan fingerprint density at radius 1 is 1.55 bits per heavy atom. The van der Waals surface area contributed by atoms with E-state index < -0.39 is 0 Å². The molecule has 58 valence electrons. The predicted octanol–water partition coefficient (Wildman–Crippen LogP) is 1.07. The van der Waals surface area contributed by atoms with Crippen LogP contribution in [-0.4, -0.2) is 6.29 Å². The Kier molecular flexibility index (Phi) is 2.51. The Morgan fingerprint density at radius 3 is 2.82 bits per heavy atom. The Labute approximate surface area is 70.0 Å². The van der Waals surface area contributed by atoms with Gasteiger partial charge in [-0.2, -0.15) is 0 Å². The first kappa shape index (κ1) is 8.10. The fraction of sp³-hybridized carbons (Fsp3) is 0. The number of thiol groups is 1. The van der Waals surface area contributed by atoms with E-state index >= 15 is 0 Å². The molecule has 4 heteroatoms. The summed E-state index contributed by atoms with van der Waals surface area (Å²) in [6.07, 6.45) is 0.731. The maximum atomic E-state index is 10.4. The Balaban J connectivity index is 3.16. The highest BCUT2D eigenvalue weighted by atomic mass is 32.1. The second-order valence-electron chi connectivity index (χ2n) is 2.03. The van der Waals surface area contributed by atoms with E-state index in [9.17, 15) is 4.79 Å². The van der Waals surface area contributed by atoms with E-state index in [1.807, 2.05) is 0 Å². The summed E-state index contributed by atoms with van der Waals surface area (Å²) in [6, 6.07) is 5.10. The summed E-state index contributed by atoms with van der Waals surface area (Å²) in [5, 5.41) is 0. The van der Waals surface area contributed by atoms with Crippen molar-refractivity contribution in [2.75, 3.05) is 5.43 Å². The number of hydrazine groups is 1. The number of anilines is 1. The smallest absolute Gasteiger partial charge is 0.152 e. The highest BCUT2D eigenvalue weighted by molar-refractivity contribution is 7.80. The molecule has 0 bridgehead atoms. The van der Waals surface area contributed by atoms with Gasteiger partial charge in [-0.15, -0.1) is 12.6 Å². The average Bonchev–Trinajstić information content (AvgIpc) is 2.04. The summed E-state index contributed by atoms with van der Waals surface area (Å²) >= 11 is 4.07. The number of benzene rings is 1. The minimum atomic E-state index is 0.514. The van der Waals surface area contributed by atoms with Gasteiger partial charge in [0.05, 0.1) is 5.69 Å². The highest BCUT2D eigenvalue weighted by Gasteiger charge is 1.98. The molecule has 3 N–H and O–H groups in total. The number of aldehydes is 1. The molecule has 0 amide bonds. The lowest BCUT2D eigenvalue weighted by molar-refractivity contribution is 0.112. The van der Waals surface area contributed by atoms with Crippen LogP contribution in [0.4, 0.5) is 5.69 Å². The normalized spacial score (nSPS) is 9.27. The maximum absolute atomic E-state index is 10.4. The Bertz CT molecular complexity index is 275. The lowest BCUT2D eigenvalue weighted by Crippen LogP contribution is -2.08. The number of hydrogen-bond donors (Lipinski definition) is 3. The lowest BCUT2D eigenvalue weighted by Gasteiger charge is -2.02. The van der Waals surface area contributed by atoms with Gasteiger partial charge in [0.25, 0.3) is 0 Å². The van der Waals surface area contributed by atoms with Gasteiger partial charge in [-0.1, -0.05) is 0 Å². The van der Waals surface area contributed by atoms with Crippen LogP contribution < -0.4 is 11.3 Å². The van der Waals surface area contributed by atoms with Crippen molar-refractivity contribution in [3.63, 3.8) is 0 Å². The van der Waals surface area contributed by atoms with Crippen molar-refractivity contribution in [3.05, 3.63) is 23.8 Å². The fourth-order valence-corrected chi connectivity index (χ4v) is 0.993.